The maximum atomic E-state index is 12.6. The predicted molar refractivity (Wildman–Crippen MR) is 74.9 cm³/mol. The van der Waals surface area contributed by atoms with E-state index in [-0.39, 0.29) is 6.04 Å². The van der Waals surface area contributed by atoms with Crippen LogP contribution in [0.3, 0.4) is 0 Å². The minimum Gasteiger partial charge on any atom is -0.311 e. The number of nitrogens with one attached hydrogen (secondary N) is 1. The van der Waals surface area contributed by atoms with Gasteiger partial charge in [0.15, 0.2) is 0 Å². The summed E-state index contributed by atoms with van der Waals surface area (Å²) in [7, 11) is 1.79. The van der Waals surface area contributed by atoms with Crippen molar-refractivity contribution in [2.75, 3.05) is 7.05 Å². The molecule has 0 aliphatic heterocycles. The fourth-order valence-corrected chi connectivity index (χ4v) is 2.37. The van der Waals surface area contributed by atoms with Crippen molar-refractivity contribution >= 4 is 0 Å². The number of hydrogen-bond donors (Lipinski definition) is 1. The lowest BCUT2D eigenvalue weighted by atomic mass is 10.0. The average Bonchev–Trinajstić information content (AvgIpc) is 2.83. The molecule has 1 N–H and O–H groups in total. The van der Waals surface area contributed by atoms with E-state index in [2.05, 4.69) is 16.5 Å². The van der Waals surface area contributed by atoms with Crippen LogP contribution in [0.1, 0.15) is 28.3 Å². The molecule has 1 aromatic carbocycles. The molecule has 0 spiro atoms. The van der Waals surface area contributed by atoms with E-state index in [1.165, 1.54) is 4.68 Å². The molecule has 2 aromatic rings. The second kappa shape index (κ2) is 5.89. The van der Waals surface area contributed by atoms with E-state index in [0.717, 1.165) is 29.1 Å². The third-order valence-corrected chi connectivity index (χ3v) is 3.33. The SMILES string of the molecule is CNC(Cn1cc(C(F)(F)F)cn1)c1cc(C)cc(C)c1. The Hall–Kier alpha value is -1.82. The van der Waals surface area contributed by atoms with Crippen molar-refractivity contribution < 1.29 is 13.2 Å². The zero-order valence-corrected chi connectivity index (χ0v) is 12.2. The van der Waals surface area contributed by atoms with Gasteiger partial charge in [0, 0.05) is 6.20 Å². The van der Waals surface area contributed by atoms with Gasteiger partial charge >= 0.3 is 6.18 Å². The van der Waals surface area contributed by atoms with Crippen LogP contribution in [0.15, 0.2) is 30.6 Å². The second-order valence-electron chi connectivity index (χ2n) is 5.21. The van der Waals surface area contributed by atoms with Crippen molar-refractivity contribution in [1.29, 1.82) is 0 Å². The molecule has 0 aliphatic carbocycles. The normalized spacial score (nSPS) is 13.4. The summed E-state index contributed by atoms with van der Waals surface area (Å²) in [4.78, 5) is 0. The van der Waals surface area contributed by atoms with E-state index in [1.807, 2.05) is 26.0 Å². The molecule has 1 atom stereocenters. The lowest BCUT2D eigenvalue weighted by molar-refractivity contribution is -0.137. The number of hydrogen-bond acceptors (Lipinski definition) is 2. The van der Waals surface area contributed by atoms with Crippen LogP contribution in [0.5, 0.6) is 0 Å². The van der Waals surface area contributed by atoms with E-state index in [9.17, 15) is 13.2 Å². The van der Waals surface area contributed by atoms with Gasteiger partial charge in [0.25, 0.3) is 0 Å². The lowest BCUT2D eigenvalue weighted by Gasteiger charge is -2.18. The Kier molecular flexibility index (Phi) is 4.37. The average molecular weight is 297 g/mol. The molecule has 0 saturated carbocycles. The number of alkyl halides is 3. The summed E-state index contributed by atoms with van der Waals surface area (Å²) < 4.78 is 39.1. The van der Waals surface area contributed by atoms with Crippen molar-refractivity contribution in [3.05, 3.63) is 52.8 Å². The number of nitrogens with zero attached hydrogens (tertiary/aromatic N) is 2. The number of halogens is 3. The lowest BCUT2D eigenvalue weighted by Crippen LogP contribution is -2.22. The summed E-state index contributed by atoms with van der Waals surface area (Å²) in [6.45, 7) is 4.34. The molecule has 0 saturated heterocycles. The van der Waals surface area contributed by atoms with Gasteiger partial charge in [0.1, 0.15) is 0 Å². The predicted octanol–water partition coefficient (Wildman–Crippen LogP) is 3.48. The van der Waals surface area contributed by atoms with Crippen LogP contribution in [0, 0.1) is 13.8 Å². The van der Waals surface area contributed by atoms with Gasteiger partial charge in [0.2, 0.25) is 0 Å². The van der Waals surface area contributed by atoms with Gasteiger partial charge in [0.05, 0.1) is 24.3 Å². The molecule has 1 aromatic heterocycles. The number of rotatable bonds is 4. The maximum Gasteiger partial charge on any atom is 0.419 e. The van der Waals surface area contributed by atoms with Gasteiger partial charge in [-0.05, 0) is 26.5 Å². The molecule has 0 amide bonds. The maximum absolute atomic E-state index is 12.6. The molecule has 0 aliphatic rings. The summed E-state index contributed by atoms with van der Waals surface area (Å²) in [5.41, 5.74) is 2.57. The zero-order valence-electron chi connectivity index (χ0n) is 12.2. The standard InChI is InChI=1S/C15H18F3N3/c1-10-4-11(2)6-12(5-10)14(19-3)9-21-8-13(7-20-21)15(16,17)18/h4-8,14,19H,9H2,1-3H3. The molecule has 1 heterocycles. The summed E-state index contributed by atoms with van der Waals surface area (Å²) >= 11 is 0. The Labute approximate surface area is 121 Å². The van der Waals surface area contributed by atoms with Crippen molar-refractivity contribution in [3.63, 3.8) is 0 Å². The molecule has 0 bridgehead atoms. The Morgan fingerprint density at radius 3 is 2.29 bits per heavy atom. The molecular weight excluding hydrogens is 279 g/mol. The quantitative estimate of drug-likeness (QED) is 0.936. The summed E-state index contributed by atoms with van der Waals surface area (Å²) in [6, 6.07) is 6.03. The van der Waals surface area contributed by atoms with E-state index >= 15 is 0 Å². The third kappa shape index (κ3) is 3.85. The highest BCUT2D eigenvalue weighted by Crippen LogP contribution is 2.29. The Bertz CT molecular complexity index is 597. The fourth-order valence-electron chi connectivity index (χ4n) is 2.37. The minimum absolute atomic E-state index is 0.0930. The molecular formula is C15H18F3N3. The van der Waals surface area contributed by atoms with Crippen molar-refractivity contribution in [2.45, 2.75) is 32.6 Å². The number of benzene rings is 1. The first-order valence-corrected chi connectivity index (χ1v) is 6.64. The van der Waals surface area contributed by atoms with Gasteiger partial charge < -0.3 is 5.32 Å². The van der Waals surface area contributed by atoms with Gasteiger partial charge in [-0.25, -0.2) is 0 Å². The van der Waals surface area contributed by atoms with E-state index in [1.54, 1.807) is 7.05 Å². The van der Waals surface area contributed by atoms with Crippen LogP contribution in [-0.4, -0.2) is 16.8 Å². The zero-order chi connectivity index (χ0) is 15.6. The molecule has 3 nitrogen and oxygen atoms in total. The largest absolute Gasteiger partial charge is 0.419 e. The Balaban J connectivity index is 2.21. The van der Waals surface area contributed by atoms with Crippen LogP contribution in [0.25, 0.3) is 0 Å². The van der Waals surface area contributed by atoms with Crippen molar-refractivity contribution in [2.24, 2.45) is 0 Å². The summed E-state index contributed by atoms with van der Waals surface area (Å²) in [5.74, 6) is 0. The number of aryl methyl sites for hydroxylation is 2. The van der Waals surface area contributed by atoms with E-state index in [0.29, 0.717) is 6.54 Å². The highest BCUT2D eigenvalue weighted by molar-refractivity contribution is 5.30. The van der Waals surface area contributed by atoms with Crippen LogP contribution in [0.4, 0.5) is 13.2 Å². The molecule has 6 heteroatoms. The monoisotopic (exact) mass is 297 g/mol. The summed E-state index contributed by atoms with van der Waals surface area (Å²) in [6.07, 6.45) is -2.46. The number of likely N-dealkylation sites (N-methyl/N-ethyl adjacent to an activating group) is 1. The molecule has 114 valence electrons. The highest BCUT2D eigenvalue weighted by Gasteiger charge is 2.32. The molecule has 0 fully saturated rings. The third-order valence-electron chi connectivity index (χ3n) is 3.33. The van der Waals surface area contributed by atoms with Crippen LogP contribution in [0.2, 0.25) is 0 Å². The molecule has 1 unspecified atom stereocenters. The Morgan fingerprint density at radius 1 is 1.19 bits per heavy atom. The summed E-state index contributed by atoms with van der Waals surface area (Å²) in [5, 5.41) is 6.92. The molecule has 21 heavy (non-hydrogen) atoms. The van der Waals surface area contributed by atoms with Crippen molar-refractivity contribution in [1.82, 2.24) is 15.1 Å². The van der Waals surface area contributed by atoms with Gasteiger partial charge in [-0.1, -0.05) is 29.3 Å². The topological polar surface area (TPSA) is 29.9 Å². The fraction of sp³-hybridized carbons (Fsp3) is 0.400. The molecule has 2 rings (SSSR count). The Morgan fingerprint density at radius 2 is 1.81 bits per heavy atom. The first kappa shape index (κ1) is 15.6. The second-order valence-corrected chi connectivity index (χ2v) is 5.21. The van der Waals surface area contributed by atoms with Gasteiger partial charge in [-0.3, -0.25) is 4.68 Å². The number of aromatic nitrogens is 2. The van der Waals surface area contributed by atoms with Gasteiger partial charge in [-0.15, -0.1) is 0 Å². The highest BCUT2D eigenvalue weighted by atomic mass is 19.4. The van der Waals surface area contributed by atoms with Gasteiger partial charge in [-0.2, -0.15) is 18.3 Å². The van der Waals surface area contributed by atoms with E-state index < -0.39 is 11.7 Å². The van der Waals surface area contributed by atoms with Crippen LogP contribution >= 0.6 is 0 Å². The first-order valence-electron chi connectivity index (χ1n) is 6.64. The minimum atomic E-state index is -4.35. The smallest absolute Gasteiger partial charge is 0.311 e. The first-order chi connectivity index (χ1) is 9.79. The molecule has 0 radical (unpaired) electrons. The van der Waals surface area contributed by atoms with Crippen LogP contribution in [-0.2, 0) is 12.7 Å². The van der Waals surface area contributed by atoms with Crippen LogP contribution < -0.4 is 5.32 Å². The van der Waals surface area contributed by atoms with Crippen molar-refractivity contribution in [3.8, 4) is 0 Å². The van der Waals surface area contributed by atoms with E-state index in [4.69, 9.17) is 0 Å².